The average molecular weight is 391 g/mol. The van der Waals surface area contributed by atoms with Gasteiger partial charge in [-0.15, -0.1) is 0 Å². The summed E-state index contributed by atoms with van der Waals surface area (Å²) in [7, 11) is 3.25. The number of anilines is 1. The van der Waals surface area contributed by atoms with Crippen LogP contribution in [-0.2, 0) is 6.54 Å². The number of halogens is 2. The van der Waals surface area contributed by atoms with Crippen molar-refractivity contribution >= 4 is 11.7 Å². The first-order chi connectivity index (χ1) is 13.5. The fourth-order valence-corrected chi connectivity index (χ4v) is 3.14. The second kappa shape index (κ2) is 8.88. The molecule has 0 saturated carbocycles. The SMILES string of the molecule is COc1ccc(OC)c(CN2CCN(C(=O)Nc3ccc(F)cc3F)CC2)c1. The van der Waals surface area contributed by atoms with Gasteiger partial charge in [-0.2, -0.15) is 0 Å². The summed E-state index contributed by atoms with van der Waals surface area (Å²) < 4.78 is 37.4. The van der Waals surface area contributed by atoms with E-state index >= 15 is 0 Å². The molecule has 1 aliphatic rings. The highest BCUT2D eigenvalue weighted by Crippen LogP contribution is 2.25. The molecule has 150 valence electrons. The van der Waals surface area contributed by atoms with Crippen molar-refractivity contribution < 1.29 is 23.0 Å². The van der Waals surface area contributed by atoms with Crippen LogP contribution in [0.4, 0.5) is 19.3 Å². The highest BCUT2D eigenvalue weighted by atomic mass is 19.1. The van der Waals surface area contributed by atoms with Gasteiger partial charge in [0.2, 0.25) is 0 Å². The number of carbonyl (C=O) groups excluding carboxylic acids is 1. The lowest BCUT2D eigenvalue weighted by atomic mass is 10.1. The number of hydrogen-bond donors (Lipinski definition) is 1. The zero-order valence-corrected chi connectivity index (χ0v) is 15.9. The Kier molecular flexibility index (Phi) is 6.30. The standard InChI is InChI=1S/C20H23F2N3O3/c1-27-16-4-6-19(28-2)14(11-16)13-24-7-9-25(10-8-24)20(26)23-18-5-3-15(21)12-17(18)22/h3-6,11-12H,7-10,13H2,1-2H3,(H,23,26). The van der Waals surface area contributed by atoms with Crippen LogP contribution in [0.5, 0.6) is 11.5 Å². The maximum atomic E-state index is 13.7. The molecule has 1 N–H and O–H groups in total. The van der Waals surface area contributed by atoms with Crippen LogP contribution < -0.4 is 14.8 Å². The van der Waals surface area contributed by atoms with Gasteiger partial charge in [-0.3, -0.25) is 4.90 Å². The molecule has 6 nitrogen and oxygen atoms in total. The second-order valence-corrected chi connectivity index (χ2v) is 6.50. The molecule has 28 heavy (non-hydrogen) atoms. The summed E-state index contributed by atoms with van der Waals surface area (Å²) in [5.74, 6) is 0.0667. The van der Waals surface area contributed by atoms with Gasteiger partial charge in [0.05, 0.1) is 19.9 Å². The average Bonchev–Trinajstić information content (AvgIpc) is 2.70. The Morgan fingerprint density at radius 1 is 1.04 bits per heavy atom. The van der Waals surface area contributed by atoms with Crippen LogP contribution >= 0.6 is 0 Å². The van der Waals surface area contributed by atoms with Gasteiger partial charge in [-0.05, 0) is 30.3 Å². The summed E-state index contributed by atoms with van der Waals surface area (Å²) in [5.41, 5.74) is 0.975. The number of nitrogens with zero attached hydrogens (tertiary/aromatic N) is 2. The molecule has 2 aromatic rings. The minimum atomic E-state index is -0.794. The Morgan fingerprint density at radius 2 is 1.79 bits per heavy atom. The maximum Gasteiger partial charge on any atom is 0.322 e. The molecule has 1 saturated heterocycles. The number of ether oxygens (including phenoxy) is 2. The number of methoxy groups -OCH3 is 2. The minimum absolute atomic E-state index is 0.0325. The van der Waals surface area contributed by atoms with E-state index in [4.69, 9.17) is 9.47 Å². The van der Waals surface area contributed by atoms with Crippen molar-refractivity contribution in [3.63, 3.8) is 0 Å². The molecular formula is C20H23F2N3O3. The molecule has 0 unspecified atom stereocenters. The summed E-state index contributed by atoms with van der Waals surface area (Å²) in [5, 5.41) is 2.50. The predicted octanol–water partition coefficient (Wildman–Crippen LogP) is 3.33. The number of amides is 2. The van der Waals surface area contributed by atoms with E-state index in [0.29, 0.717) is 32.7 Å². The van der Waals surface area contributed by atoms with E-state index in [1.807, 2.05) is 18.2 Å². The lowest BCUT2D eigenvalue weighted by molar-refractivity contribution is 0.142. The first-order valence-electron chi connectivity index (χ1n) is 8.94. The van der Waals surface area contributed by atoms with E-state index in [2.05, 4.69) is 10.2 Å². The normalized spacial score (nSPS) is 14.6. The van der Waals surface area contributed by atoms with Crippen molar-refractivity contribution in [3.8, 4) is 11.5 Å². The van der Waals surface area contributed by atoms with Crippen LogP contribution in [0, 0.1) is 11.6 Å². The van der Waals surface area contributed by atoms with Crippen molar-refractivity contribution in [2.75, 3.05) is 45.7 Å². The third-order valence-corrected chi connectivity index (χ3v) is 4.71. The van der Waals surface area contributed by atoms with E-state index in [9.17, 15) is 13.6 Å². The Morgan fingerprint density at radius 3 is 2.43 bits per heavy atom. The van der Waals surface area contributed by atoms with E-state index in [1.54, 1.807) is 19.1 Å². The number of carbonyl (C=O) groups is 1. The van der Waals surface area contributed by atoms with E-state index in [0.717, 1.165) is 29.2 Å². The summed E-state index contributed by atoms with van der Waals surface area (Å²) in [6.45, 7) is 3.00. The zero-order chi connectivity index (χ0) is 20.1. The van der Waals surface area contributed by atoms with Gasteiger partial charge in [0.15, 0.2) is 0 Å². The monoisotopic (exact) mass is 391 g/mol. The van der Waals surface area contributed by atoms with Crippen LogP contribution in [0.3, 0.4) is 0 Å². The molecule has 0 atom stereocenters. The van der Waals surface area contributed by atoms with Crippen LogP contribution in [0.2, 0.25) is 0 Å². The first-order valence-corrected chi connectivity index (χ1v) is 8.94. The Hall–Kier alpha value is -2.87. The van der Waals surface area contributed by atoms with Crippen LogP contribution in [-0.4, -0.2) is 56.2 Å². The molecule has 2 aromatic carbocycles. The third kappa shape index (κ3) is 4.69. The molecule has 2 amide bonds. The molecule has 0 aromatic heterocycles. The molecule has 0 bridgehead atoms. The summed E-state index contributed by atoms with van der Waals surface area (Å²) in [6, 6.07) is 8.33. The highest BCUT2D eigenvalue weighted by molar-refractivity contribution is 5.89. The molecule has 1 aliphatic heterocycles. The topological polar surface area (TPSA) is 54.0 Å². The zero-order valence-electron chi connectivity index (χ0n) is 15.9. The molecule has 0 aliphatic carbocycles. The predicted molar refractivity (Wildman–Crippen MR) is 102 cm³/mol. The van der Waals surface area contributed by atoms with Gasteiger partial charge >= 0.3 is 6.03 Å². The molecule has 0 spiro atoms. The summed E-state index contributed by atoms with van der Waals surface area (Å²) in [6.07, 6.45) is 0. The lowest BCUT2D eigenvalue weighted by Gasteiger charge is -2.35. The fraction of sp³-hybridized carbons (Fsp3) is 0.350. The summed E-state index contributed by atoms with van der Waals surface area (Å²) >= 11 is 0. The minimum Gasteiger partial charge on any atom is -0.497 e. The van der Waals surface area contributed by atoms with Crippen molar-refractivity contribution in [2.24, 2.45) is 0 Å². The molecule has 8 heteroatoms. The van der Waals surface area contributed by atoms with Gasteiger partial charge in [-0.25, -0.2) is 13.6 Å². The Balaban J connectivity index is 1.56. The number of piperazine rings is 1. The lowest BCUT2D eigenvalue weighted by Crippen LogP contribution is -2.49. The second-order valence-electron chi connectivity index (χ2n) is 6.50. The van der Waals surface area contributed by atoms with E-state index in [1.165, 1.54) is 6.07 Å². The van der Waals surface area contributed by atoms with Crippen molar-refractivity contribution in [1.82, 2.24) is 9.80 Å². The van der Waals surface area contributed by atoms with Gasteiger partial charge in [0.1, 0.15) is 23.1 Å². The quantitative estimate of drug-likeness (QED) is 0.850. The third-order valence-electron chi connectivity index (χ3n) is 4.71. The summed E-state index contributed by atoms with van der Waals surface area (Å²) in [4.78, 5) is 16.2. The van der Waals surface area contributed by atoms with Crippen LogP contribution in [0.1, 0.15) is 5.56 Å². The van der Waals surface area contributed by atoms with Gasteiger partial charge in [-0.1, -0.05) is 0 Å². The van der Waals surface area contributed by atoms with Gasteiger partial charge in [0.25, 0.3) is 0 Å². The van der Waals surface area contributed by atoms with E-state index in [-0.39, 0.29) is 5.69 Å². The molecule has 3 rings (SSSR count). The smallest absolute Gasteiger partial charge is 0.322 e. The van der Waals surface area contributed by atoms with Gasteiger partial charge < -0.3 is 19.7 Å². The number of urea groups is 1. The molecule has 1 heterocycles. The molecular weight excluding hydrogens is 368 g/mol. The number of hydrogen-bond acceptors (Lipinski definition) is 4. The molecule has 1 fully saturated rings. The van der Waals surface area contributed by atoms with Crippen LogP contribution in [0.25, 0.3) is 0 Å². The Labute approximate surface area is 162 Å². The molecule has 0 radical (unpaired) electrons. The highest BCUT2D eigenvalue weighted by Gasteiger charge is 2.22. The fourth-order valence-electron chi connectivity index (χ4n) is 3.14. The first kappa shape index (κ1) is 19.9. The van der Waals surface area contributed by atoms with Crippen molar-refractivity contribution in [2.45, 2.75) is 6.54 Å². The number of nitrogens with one attached hydrogen (secondary N) is 1. The van der Waals surface area contributed by atoms with Gasteiger partial charge in [0, 0.05) is 44.4 Å². The van der Waals surface area contributed by atoms with Crippen molar-refractivity contribution in [1.29, 1.82) is 0 Å². The van der Waals surface area contributed by atoms with E-state index < -0.39 is 17.7 Å². The largest absolute Gasteiger partial charge is 0.497 e. The maximum absolute atomic E-state index is 13.7. The van der Waals surface area contributed by atoms with Crippen molar-refractivity contribution in [3.05, 3.63) is 53.6 Å². The van der Waals surface area contributed by atoms with Crippen LogP contribution in [0.15, 0.2) is 36.4 Å². The Bertz CT molecular complexity index is 839. The number of rotatable bonds is 5. The number of benzene rings is 2.